The van der Waals surface area contributed by atoms with Gasteiger partial charge < -0.3 is 4.74 Å². The molecule has 0 aliphatic heterocycles. The van der Waals surface area contributed by atoms with Crippen molar-refractivity contribution in [3.63, 3.8) is 0 Å². The zero-order valence-corrected chi connectivity index (χ0v) is 16.9. The van der Waals surface area contributed by atoms with Gasteiger partial charge in [0.15, 0.2) is 0 Å². The molecule has 25 heavy (non-hydrogen) atoms. The van der Waals surface area contributed by atoms with E-state index in [0.717, 1.165) is 19.3 Å². The Morgan fingerprint density at radius 2 is 1.16 bits per heavy atom. The Balaban J connectivity index is 3.15. The maximum absolute atomic E-state index is 11.0. The van der Waals surface area contributed by atoms with Crippen LogP contribution in [0, 0.1) is 0 Å². The van der Waals surface area contributed by atoms with Crippen molar-refractivity contribution in [1.82, 2.24) is 0 Å². The minimum atomic E-state index is -0.0722. The van der Waals surface area contributed by atoms with E-state index in [0.29, 0.717) is 6.42 Å². The third-order valence-corrected chi connectivity index (χ3v) is 4.56. The Labute approximate surface area is 157 Å². The quantitative estimate of drug-likeness (QED) is 0.145. The Kier molecular flexibility index (Phi) is 20.1. The summed E-state index contributed by atoms with van der Waals surface area (Å²) in [6.45, 7) is 2.25. The molecule has 2 nitrogen and oxygen atoms in total. The van der Waals surface area contributed by atoms with Crippen LogP contribution in [0.15, 0.2) is 24.3 Å². The first-order chi connectivity index (χ1) is 12.3. The van der Waals surface area contributed by atoms with E-state index in [1.165, 1.54) is 84.2 Å². The zero-order valence-electron chi connectivity index (χ0n) is 16.9. The summed E-state index contributed by atoms with van der Waals surface area (Å²) >= 11 is 0. The molecular weight excluding hydrogens is 308 g/mol. The number of carbonyl (C=O) groups excluding carboxylic acids is 1. The van der Waals surface area contributed by atoms with Crippen LogP contribution in [0.5, 0.6) is 0 Å². The molecule has 0 heterocycles. The van der Waals surface area contributed by atoms with E-state index in [9.17, 15) is 4.79 Å². The fourth-order valence-corrected chi connectivity index (χ4v) is 2.89. The first-order valence-electron chi connectivity index (χ1n) is 10.7. The number of methoxy groups -OCH3 is 1. The van der Waals surface area contributed by atoms with Crippen LogP contribution in [0.1, 0.15) is 110 Å². The number of carbonyl (C=O) groups is 1. The molecule has 0 fully saturated rings. The fraction of sp³-hybridized carbons (Fsp3) is 0.783. The van der Waals surface area contributed by atoms with Gasteiger partial charge >= 0.3 is 5.97 Å². The van der Waals surface area contributed by atoms with Crippen LogP contribution in [-0.2, 0) is 9.53 Å². The minimum Gasteiger partial charge on any atom is -0.469 e. The number of unbranched alkanes of at least 4 members (excludes halogenated alkanes) is 12. The van der Waals surface area contributed by atoms with Gasteiger partial charge in [-0.2, -0.15) is 0 Å². The van der Waals surface area contributed by atoms with Gasteiger partial charge in [-0.1, -0.05) is 89.0 Å². The van der Waals surface area contributed by atoms with Crippen molar-refractivity contribution in [3.05, 3.63) is 24.3 Å². The van der Waals surface area contributed by atoms with Gasteiger partial charge in [-0.25, -0.2) is 0 Å². The molecule has 0 aromatic carbocycles. The van der Waals surface area contributed by atoms with Crippen LogP contribution >= 0.6 is 0 Å². The number of rotatable bonds is 18. The smallest absolute Gasteiger partial charge is 0.305 e. The molecule has 146 valence electrons. The number of hydrogen-bond acceptors (Lipinski definition) is 2. The lowest BCUT2D eigenvalue weighted by atomic mass is 10.1. The molecule has 0 aliphatic rings. The van der Waals surface area contributed by atoms with E-state index in [1.807, 2.05) is 0 Å². The van der Waals surface area contributed by atoms with Gasteiger partial charge in [0.25, 0.3) is 0 Å². The van der Waals surface area contributed by atoms with Gasteiger partial charge in [-0.15, -0.1) is 0 Å². The monoisotopic (exact) mass is 350 g/mol. The summed E-state index contributed by atoms with van der Waals surface area (Å²) in [5, 5.41) is 0. The standard InChI is InChI=1S/C23H42O2/c1-3-4-5-6-7-8-9-10-11-12-13-14-15-16-17-18-19-20-21-22-23(24)25-2/h7-8,10-11H,3-6,9,12-22H2,1-2H3/b8-7?,11-10-. The Morgan fingerprint density at radius 1 is 0.680 bits per heavy atom. The van der Waals surface area contributed by atoms with E-state index in [4.69, 9.17) is 0 Å². The Bertz CT molecular complexity index is 331. The molecule has 0 rings (SSSR count). The SMILES string of the molecule is CCCCCC=CC/C=C\CCCCCCCCCCCC(=O)OC. The van der Waals surface area contributed by atoms with Crippen LogP contribution in [0.25, 0.3) is 0 Å². The van der Waals surface area contributed by atoms with E-state index in [-0.39, 0.29) is 5.97 Å². The van der Waals surface area contributed by atoms with Gasteiger partial charge in [0.2, 0.25) is 0 Å². The molecule has 0 radical (unpaired) electrons. The Morgan fingerprint density at radius 3 is 1.68 bits per heavy atom. The summed E-state index contributed by atoms with van der Waals surface area (Å²) in [5.41, 5.74) is 0. The molecule has 2 heteroatoms. The lowest BCUT2D eigenvalue weighted by Gasteiger charge is -2.02. The summed E-state index contributed by atoms with van der Waals surface area (Å²) < 4.78 is 4.64. The topological polar surface area (TPSA) is 26.3 Å². The molecular formula is C23H42O2. The molecule has 0 aliphatic carbocycles. The van der Waals surface area contributed by atoms with Crippen molar-refractivity contribution in [2.45, 2.75) is 110 Å². The molecule has 0 aromatic rings. The lowest BCUT2D eigenvalue weighted by molar-refractivity contribution is -0.140. The molecule has 0 aromatic heterocycles. The average molecular weight is 351 g/mol. The summed E-state index contributed by atoms with van der Waals surface area (Å²) in [4.78, 5) is 11.0. The Hall–Kier alpha value is -1.05. The van der Waals surface area contributed by atoms with Crippen LogP contribution in [0.3, 0.4) is 0 Å². The largest absolute Gasteiger partial charge is 0.469 e. The van der Waals surface area contributed by atoms with E-state index >= 15 is 0 Å². The second kappa shape index (κ2) is 21.0. The van der Waals surface area contributed by atoms with E-state index in [1.54, 1.807) is 0 Å². The van der Waals surface area contributed by atoms with Crippen molar-refractivity contribution in [3.8, 4) is 0 Å². The highest BCUT2D eigenvalue weighted by atomic mass is 16.5. The molecule has 0 bridgehead atoms. The molecule has 0 N–H and O–H groups in total. The van der Waals surface area contributed by atoms with Gasteiger partial charge in [-0.05, 0) is 38.5 Å². The van der Waals surface area contributed by atoms with Gasteiger partial charge in [0.05, 0.1) is 7.11 Å². The number of ether oxygens (including phenoxy) is 1. The predicted molar refractivity (Wildman–Crippen MR) is 110 cm³/mol. The van der Waals surface area contributed by atoms with Crippen LogP contribution in [-0.4, -0.2) is 13.1 Å². The maximum Gasteiger partial charge on any atom is 0.305 e. The summed E-state index contributed by atoms with van der Waals surface area (Å²) in [5.74, 6) is -0.0722. The van der Waals surface area contributed by atoms with Crippen molar-refractivity contribution in [2.75, 3.05) is 7.11 Å². The van der Waals surface area contributed by atoms with E-state index < -0.39 is 0 Å². The minimum absolute atomic E-state index is 0.0722. The number of hydrogen-bond donors (Lipinski definition) is 0. The van der Waals surface area contributed by atoms with Gasteiger partial charge in [0, 0.05) is 6.42 Å². The fourth-order valence-electron chi connectivity index (χ4n) is 2.89. The highest BCUT2D eigenvalue weighted by Crippen LogP contribution is 2.11. The third-order valence-electron chi connectivity index (χ3n) is 4.56. The molecule has 0 spiro atoms. The maximum atomic E-state index is 11.0. The molecule has 0 saturated heterocycles. The number of allylic oxidation sites excluding steroid dienone is 4. The second-order valence-corrected chi connectivity index (χ2v) is 6.97. The highest BCUT2D eigenvalue weighted by molar-refractivity contribution is 5.68. The van der Waals surface area contributed by atoms with Crippen molar-refractivity contribution >= 4 is 5.97 Å². The van der Waals surface area contributed by atoms with Crippen molar-refractivity contribution in [1.29, 1.82) is 0 Å². The van der Waals surface area contributed by atoms with Gasteiger partial charge in [-0.3, -0.25) is 4.79 Å². The molecule has 0 atom stereocenters. The van der Waals surface area contributed by atoms with Gasteiger partial charge in [0.1, 0.15) is 0 Å². The first kappa shape index (κ1) is 23.9. The normalized spacial score (nSPS) is 11.6. The molecule has 0 amide bonds. The summed E-state index contributed by atoms with van der Waals surface area (Å²) in [6, 6.07) is 0. The summed E-state index contributed by atoms with van der Waals surface area (Å²) in [7, 11) is 1.46. The van der Waals surface area contributed by atoms with Crippen molar-refractivity contribution in [2.24, 2.45) is 0 Å². The second-order valence-electron chi connectivity index (χ2n) is 6.97. The molecule has 0 saturated carbocycles. The van der Waals surface area contributed by atoms with Crippen LogP contribution in [0.4, 0.5) is 0 Å². The van der Waals surface area contributed by atoms with Crippen LogP contribution < -0.4 is 0 Å². The van der Waals surface area contributed by atoms with Crippen molar-refractivity contribution < 1.29 is 9.53 Å². The third kappa shape index (κ3) is 20.9. The molecule has 0 unspecified atom stereocenters. The average Bonchev–Trinajstić information content (AvgIpc) is 2.63. The lowest BCUT2D eigenvalue weighted by Crippen LogP contribution is -1.99. The number of esters is 1. The van der Waals surface area contributed by atoms with Crippen LogP contribution in [0.2, 0.25) is 0 Å². The first-order valence-corrected chi connectivity index (χ1v) is 10.7. The zero-order chi connectivity index (χ0) is 18.4. The highest BCUT2D eigenvalue weighted by Gasteiger charge is 1.98. The summed E-state index contributed by atoms with van der Waals surface area (Å²) in [6.07, 6.45) is 28.9. The predicted octanol–water partition coefficient (Wildman–Crippen LogP) is 7.53. The van der Waals surface area contributed by atoms with E-state index in [2.05, 4.69) is 36.0 Å².